The number of halogens is 1. The maximum Gasteiger partial charge on any atom is 0.222 e. The van der Waals surface area contributed by atoms with E-state index >= 15 is 0 Å². The molecule has 26 heavy (non-hydrogen) atoms. The van der Waals surface area contributed by atoms with Crippen molar-refractivity contribution < 1.29 is 9.18 Å². The zero-order valence-electron chi connectivity index (χ0n) is 15.6. The van der Waals surface area contributed by atoms with Crippen molar-refractivity contribution in [2.75, 3.05) is 32.7 Å². The molecule has 1 aromatic rings. The average molecular weight is 360 g/mol. The number of nitrogens with zero attached hydrogens (tertiary/aromatic N) is 2. The second-order valence-electron chi connectivity index (χ2n) is 7.25. The number of rotatable bonds is 8. The van der Waals surface area contributed by atoms with E-state index in [4.69, 9.17) is 4.99 Å². The molecule has 0 atom stereocenters. The molecule has 0 unspecified atom stereocenters. The summed E-state index contributed by atoms with van der Waals surface area (Å²) in [5.41, 5.74) is 1.04. The van der Waals surface area contributed by atoms with E-state index < -0.39 is 0 Å². The van der Waals surface area contributed by atoms with Gasteiger partial charge in [0.15, 0.2) is 5.96 Å². The highest BCUT2D eigenvalue weighted by Crippen LogP contribution is 2.48. The van der Waals surface area contributed by atoms with Gasteiger partial charge in [-0.1, -0.05) is 12.1 Å². The minimum atomic E-state index is -0.181. The number of carbonyl (C=O) groups excluding carboxylic acids is 1. The molecule has 0 aromatic heterocycles. The topological polar surface area (TPSA) is 56.7 Å². The summed E-state index contributed by atoms with van der Waals surface area (Å²) in [4.78, 5) is 18.3. The lowest BCUT2D eigenvalue weighted by molar-refractivity contribution is -0.127. The second kappa shape index (κ2) is 8.52. The van der Waals surface area contributed by atoms with Crippen LogP contribution in [0.15, 0.2) is 29.3 Å². The van der Waals surface area contributed by atoms with Crippen LogP contribution >= 0.6 is 0 Å². The highest BCUT2D eigenvalue weighted by atomic mass is 19.1. The highest BCUT2D eigenvalue weighted by Gasteiger charge is 2.44. The zero-order valence-corrected chi connectivity index (χ0v) is 15.6. The van der Waals surface area contributed by atoms with Crippen molar-refractivity contribution in [2.45, 2.75) is 44.4 Å². The number of hydrogen-bond acceptors (Lipinski definition) is 2. The van der Waals surface area contributed by atoms with Crippen molar-refractivity contribution in [2.24, 2.45) is 4.99 Å². The fourth-order valence-corrected chi connectivity index (χ4v) is 3.50. The van der Waals surface area contributed by atoms with Crippen molar-refractivity contribution >= 4 is 11.9 Å². The molecular formula is C20H29FN4O. The van der Waals surface area contributed by atoms with Crippen LogP contribution in [0.3, 0.4) is 0 Å². The van der Waals surface area contributed by atoms with E-state index in [0.717, 1.165) is 63.4 Å². The molecule has 6 heteroatoms. The summed E-state index contributed by atoms with van der Waals surface area (Å²) in [5.74, 6) is 0.888. The molecule has 1 aromatic carbocycles. The first-order valence-electron chi connectivity index (χ1n) is 9.69. The van der Waals surface area contributed by atoms with Crippen LogP contribution in [0.5, 0.6) is 0 Å². The van der Waals surface area contributed by atoms with Crippen LogP contribution in [-0.2, 0) is 10.2 Å². The summed E-state index contributed by atoms with van der Waals surface area (Å²) in [6.07, 6.45) is 4.69. The molecule has 3 rings (SSSR count). The van der Waals surface area contributed by atoms with Crippen LogP contribution < -0.4 is 10.6 Å². The third kappa shape index (κ3) is 4.74. The van der Waals surface area contributed by atoms with Gasteiger partial charge in [-0.05, 0) is 50.3 Å². The lowest BCUT2D eigenvalue weighted by Crippen LogP contribution is -2.39. The van der Waals surface area contributed by atoms with Crippen molar-refractivity contribution in [3.63, 3.8) is 0 Å². The van der Waals surface area contributed by atoms with Gasteiger partial charge in [0.05, 0.1) is 6.54 Å². The molecule has 2 N–H and O–H groups in total. The maximum absolute atomic E-state index is 13.5. The van der Waals surface area contributed by atoms with E-state index in [1.54, 1.807) is 12.1 Å². The first-order chi connectivity index (χ1) is 12.6. The van der Waals surface area contributed by atoms with Crippen molar-refractivity contribution in [1.29, 1.82) is 0 Å². The van der Waals surface area contributed by atoms with Crippen LogP contribution in [0.2, 0.25) is 0 Å². The summed E-state index contributed by atoms with van der Waals surface area (Å²) in [7, 11) is 0. The second-order valence-corrected chi connectivity index (χ2v) is 7.25. The Bertz CT molecular complexity index is 657. The molecule has 1 saturated heterocycles. The Morgan fingerprint density at radius 2 is 2.19 bits per heavy atom. The Morgan fingerprint density at radius 3 is 2.85 bits per heavy atom. The van der Waals surface area contributed by atoms with Gasteiger partial charge >= 0.3 is 0 Å². The van der Waals surface area contributed by atoms with E-state index in [9.17, 15) is 9.18 Å². The Morgan fingerprint density at radius 1 is 1.35 bits per heavy atom. The number of likely N-dealkylation sites (tertiary alicyclic amines) is 1. The Hall–Kier alpha value is -2.11. The third-order valence-electron chi connectivity index (χ3n) is 5.24. The van der Waals surface area contributed by atoms with E-state index in [1.165, 1.54) is 6.07 Å². The molecule has 1 aliphatic heterocycles. The summed E-state index contributed by atoms with van der Waals surface area (Å²) < 4.78 is 13.5. The van der Waals surface area contributed by atoms with Crippen LogP contribution in [0.4, 0.5) is 4.39 Å². The van der Waals surface area contributed by atoms with Gasteiger partial charge in [0.1, 0.15) is 5.82 Å². The first kappa shape index (κ1) is 18.7. The van der Waals surface area contributed by atoms with Gasteiger partial charge in [-0.3, -0.25) is 9.79 Å². The van der Waals surface area contributed by atoms with Gasteiger partial charge in [0.2, 0.25) is 5.91 Å². The SMILES string of the molecule is CCNC(=NCC1(c2cccc(F)c2)CC1)NCCCN1CCCC1=O. The van der Waals surface area contributed by atoms with Crippen LogP contribution in [0, 0.1) is 5.82 Å². The highest BCUT2D eigenvalue weighted by molar-refractivity contribution is 5.80. The van der Waals surface area contributed by atoms with E-state index in [-0.39, 0.29) is 17.1 Å². The molecule has 1 amide bonds. The molecule has 1 saturated carbocycles. The molecule has 0 spiro atoms. The maximum atomic E-state index is 13.5. The molecular weight excluding hydrogens is 331 g/mol. The largest absolute Gasteiger partial charge is 0.357 e. The summed E-state index contributed by atoms with van der Waals surface area (Å²) in [6, 6.07) is 6.89. The molecule has 2 aliphatic rings. The molecule has 2 fully saturated rings. The van der Waals surface area contributed by atoms with Gasteiger partial charge in [-0.25, -0.2) is 4.39 Å². The van der Waals surface area contributed by atoms with E-state index in [2.05, 4.69) is 10.6 Å². The Balaban J connectivity index is 1.50. The van der Waals surface area contributed by atoms with Crippen LogP contribution in [0.25, 0.3) is 0 Å². The molecule has 0 bridgehead atoms. The van der Waals surface area contributed by atoms with Crippen LogP contribution in [-0.4, -0.2) is 49.5 Å². The number of carbonyl (C=O) groups is 1. The lowest BCUT2D eigenvalue weighted by atomic mass is 9.96. The predicted octanol–water partition coefficient (Wildman–Crippen LogP) is 2.42. The minimum absolute atomic E-state index is 0.00752. The fraction of sp³-hybridized carbons (Fsp3) is 0.600. The quantitative estimate of drug-likeness (QED) is 0.425. The Kier molecular flexibility index (Phi) is 6.12. The molecule has 142 valence electrons. The monoisotopic (exact) mass is 360 g/mol. The van der Waals surface area contributed by atoms with Crippen LogP contribution in [0.1, 0.15) is 44.6 Å². The minimum Gasteiger partial charge on any atom is -0.357 e. The van der Waals surface area contributed by atoms with Gasteiger partial charge in [0, 0.05) is 38.0 Å². The van der Waals surface area contributed by atoms with Gasteiger partial charge in [0.25, 0.3) is 0 Å². The van der Waals surface area contributed by atoms with Crippen molar-refractivity contribution in [1.82, 2.24) is 15.5 Å². The number of amides is 1. The van der Waals surface area contributed by atoms with Gasteiger partial charge in [-0.15, -0.1) is 0 Å². The van der Waals surface area contributed by atoms with Gasteiger partial charge in [-0.2, -0.15) is 0 Å². The molecule has 5 nitrogen and oxygen atoms in total. The smallest absolute Gasteiger partial charge is 0.222 e. The van der Waals surface area contributed by atoms with E-state index in [1.807, 2.05) is 17.9 Å². The number of benzene rings is 1. The third-order valence-corrected chi connectivity index (χ3v) is 5.24. The summed E-state index contributed by atoms with van der Waals surface area (Å²) >= 11 is 0. The summed E-state index contributed by atoms with van der Waals surface area (Å²) in [5, 5.41) is 6.62. The number of guanidine groups is 1. The molecule has 1 aliphatic carbocycles. The fourth-order valence-electron chi connectivity index (χ4n) is 3.50. The van der Waals surface area contributed by atoms with Crippen molar-refractivity contribution in [3.05, 3.63) is 35.6 Å². The number of nitrogens with one attached hydrogen (secondary N) is 2. The normalized spacial score (nSPS) is 18.9. The predicted molar refractivity (Wildman–Crippen MR) is 102 cm³/mol. The lowest BCUT2D eigenvalue weighted by Gasteiger charge is -2.18. The molecule has 1 heterocycles. The number of hydrogen-bond donors (Lipinski definition) is 2. The zero-order chi connectivity index (χ0) is 18.4. The molecule has 0 radical (unpaired) electrons. The van der Waals surface area contributed by atoms with E-state index in [0.29, 0.717) is 13.0 Å². The van der Waals surface area contributed by atoms with Gasteiger partial charge < -0.3 is 15.5 Å². The average Bonchev–Trinajstić information content (AvgIpc) is 3.32. The number of aliphatic imine (C=N–C) groups is 1. The summed E-state index contributed by atoms with van der Waals surface area (Å²) in [6.45, 7) is 5.98. The Labute approximate surface area is 155 Å². The standard InChI is InChI=1S/C20H29FN4O/c1-2-22-19(23-11-5-13-25-12-4-8-18(25)26)24-15-20(9-10-20)16-6-3-7-17(21)14-16/h3,6-7,14H,2,4-5,8-13,15H2,1H3,(H2,22,23,24). The van der Waals surface area contributed by atoms with Crippen molar-refractivity contribution in [3.8, 4) is 0 Å². The first-order valence-corrected chi connectivity index (χ1v) is 9.69.